The average molecular weight is 610 g/mol. The molecule has 11 rings (SSSR count). The Labute approximate surface area is 277 Å². The molecule has 1 aliphatic carbocycles. The van der Waals surface area contributed by atoms with Crippen LogP contribution in [0.1, 0.15) is 22.3 Å². The van der Waals surface area contributed by atoms with Crippen molar-refractivity contribution in [3.05, 3.63) is 186 Å². The van der Waals surface area contributed by atoms with Crippen molar-refractivity contribution in [2.24, 2.45) is 0 Å². The van der Waals surface area contributed by atoms with Crippen LogP contribution in [0.4, 0.5) is 0 Å². The molecule has 2 aliphatic rings. The maximum Gasteiger partial charge on any atom is 0.160 e. The van der Waals surface area contributed by atoms with Crippen LogP contribution in [-0.4, -0.2) is 14.5 Å². The van der Waals surface area contributed by atoms with Crippen LogP contribution in [-0.2, 0) is 5.41 Å². The zero-order chi connectivity index (χ0) is 31.4. The van der Waals surface area contributed by atoms with Crippen LogP contribution in [0.25, 0.3) is 72.2 Å². The predicted octanol–water partition coefficient (Wildman–Crippen LogP) is 10.7. The molecule has 1 atom stereocenters. The Kier molecular flexibility index (Phi) is 5.04. The van der Waals surface area contributed by atoms with Crippen LogP contribution in [0.3, 0.4) is 0 Å². The molecule has 0 N–H and O–H groups in total. The molecule has 3 heterocycles. The van der Waals surface area contributed by atoms with Gasteiger partial charge >= 0.3 is 0 Å². The molecule has 9 aromatic rings. The fourth-order valence-electron chi connectivity index (χ4n) is 8.73. The van der Waals surface area contributed by atoms with Crippen molar-refractivity contribution in [2.75, 3.05) is 0 Å². The summed E-state index contributed by atoms with van der Waals surface area (Å²) in [7, 11) is 0. The van der Waals surface area contributed by atoms with Gasteiger partial charge < -0.3 is 4.57 Å². The first-order valence-electron chi connectivity index (χ1n) is 16.5. The smallest absolute Gasteiger partial charge is 0.160 e. The van der Waals surface area contributed by atoms with Crippen LogP contribution in [0, 0.1) is 0 Å². The summed E-state index contributed by atoms with van der Waals surface area (Å²) in [5.41, 5.74) is 15.1. The second-order valence-corrected chi connectivity index (χ2v) is 12.9. The van der Waals surface area contributed by atoms with Gasteiger partial charge in [-0.25, -0.2) is 9.97 Å². The van der Waals surface area contributed by atoms with Gasteiger partial charge in [0, 0.05) is 27.3 Å². The summed E-state index contributed by atoms with van der Waals surface area (Å²) in [5, 5.41) is 3.63. The van der Waals surface area contributed by atoms with Crippen molar-refractivity contribution in [1.82, 2.24) is 14.5 Å². The van der Waals surface area contributed by atoms with Crippen molar-refractivity contribution in [2.45, 2.75) is 5.41 Å². The van der Waals surface area contributed by atoms with Gasteiger partial charge in [0.1, 0.15) is 0 Å². The van der Waals surface area contributed by atoms with Gasteiger partial charge in [-0.15, -0.1) is 0 Å². The minimum atomic E-state index is -0.464. The van der Waals surface area contributed by atoms with Crippen LogP contribution in [0.5, 0.6) is 0 Å². The molecule has 0 radical (unpaired) electrons. The number of rotatable bonds is 2. The summed E-state index contributed by atoms with van der Waals surface area (Å²) in [4.78, 5) is 10.2. The molecule has 0 saturated carbocycles. The lowest BCUT2D eigenvalue weighted by atomic mass is 9.65. The van der Waals surface area contributed by atoms with Gasteiger partial charge in [0.15, 0.2) is 5.82 Å². The lowest BCUT2D eigenvalue weighted by Gasteiger charge is -2.39. The Balaban J connectivity index is 1.24. The second-order valence-electron chi connectivity index (χ2n) is 12.9. The third-order valence-electron chi connectivity index (χ3n) is 10.6. The second kappa shape index (κ2) is 9.37. The summed E-state index contributed by atoms with van der Waals surface area (Å²) in [5.74, 6) is 0.738. The Hall–Kier alpha value is -6.32. The SMILES string of the molecule is c1ccc(-c2nc(-c3ccc4c(c3)-c3ccccc3C43c4ccccc4-n4c5ccccc5c5cccc3c54)c3ccccc3n2)cc1. The van der Waals surface area contributed by atoms with E-state index in [0.717, 1.165) is 33.5 Å². The summed E-state index contributed by atoms with van der Waals surface area (Å²) in [6, 6.07) is 59.4. The van der Waals surface area contributed by atoms with E-state index in [0.29, 0.717) is 0 Å². The Bertz CT molecular complexity index is 2790. The summed E-state index contributed by atoms with van der Waals surface area (Å²) < 4.78 is 2.49. The zero-order valence-electron chi connectivity index (χ0n) is 25.9. The van der Waals surface area contributed by atoms with Crippen molar-refractivity contribution < 1.29 is 0 Å². The minimum Gasteiger partial charge on any atom is -0.309 e. The normalized spacial score (nSPS) is 15.6. The number of benzene rings is 7. The largest absolute Gasteiger partial charge is 0.309 e. The van der Waals surface area contributed by atoms with Gasteiger partial charge in [-0.1, -0.05) is 140 Å². The monoisotopic (exact) mass is 609 g/mol. The number of para-hydroxylation sites is 4. The van der Waals surface area contributed by atoms with E-state index in [4.69, 9.17) is 9.97 Å². The molecular formula is C45H27N3. The van der Waals surface area contributed by atoms with Crippen LogP contribution < -0.4 is 0 Å². The van der Waals surface area contributed by atoms with E-state index < -0.39 is 5.41 Å². The first-order chi connectivity index (χ1) is 23.8. The van der Waals surface area contributed by atoms with Gasteiger partial charge in [-0.2, -0.15) is 0 Å². The predicted molar refractivity (Wildman–Crippen MR) is 196 cm³/mol. The van der Waals surface area contributed by atoms with Crippen molar-refractivity contribution >= 4 is 32.7 Å². The van der Waals surface area contributed by atoms with E-state index in [-0.39, 0.29) is 0 Å². The minimum absolute atomic E-state index is 0.464. The fourth-order valence-corrected chi connectivity index (χ4v) is 8.73. The fraction of sp³-hybridized carbons (Fsp3) is 0.0222. The highest BCUT2D eigenvalue weighted by Crippen LogP contribution is 2.61. The molecule has 1 unspecified atom stereocenters. The van der Waals surface area contributed by atoms with Gasteiger partial charge in [-0.05, 0) is 57.6 Å². The number of aromatic nitrogens is 3. The van der Waals surface area contributed by atoms with Gasteiger partial charge in [0.25, 0.3) is 0 Å². The molecule has 222 valence electrons. The highest BCUT2D eigenvalue weighted by Gasteiger charge is 2.50. The first-order valence-corrected chi connectivity index (χ1v) is 16.5. The van der Waals surface area contributed by atoms with E-state index in [1.165, 1.54) is 60.9 Å². The zero-order valence-corrected chi connectivity index (χ0v) is 25.9. The molecule has 0 saturated heterocycles. The Morgan fingerprint density at radius 2 is 1.12 bits per heavy atom. The molecule has 0 bridgehead atoms. The van der Waals surface area contributed by atoms with E-state index in [1.54, 1.807) is 0 Å². The molecule has 1 aliphatic heterocycles. The van der Waals surface area contributed by atoms with Crippen LogP contribution in [0.2, 0.25) is 0 Å². The Morgan fingerprint density at radius 1 is 0.438 bits per heavy atom. The molecule has 1 spiro atoms. The highest BCUT2D eigenvalue weighted by molar-refractivity contribution is 6.13. The van der Waals surface area contributed by atoms with E-state index in [2.05, 4.69) is 150 Å². The van der Waals surface area contributed by atoms with Crippen LogP contribution >= 0.6 is 0 Å². The quantitative estimate of drug-likeness (QED) is 0.195. The summed E-state index contributed by atoms with van der Waals surface area (Å²) >= 11 is 0. The Morgan fingerprint density at radius 3 is 2.04 bits per heavy atom. The molecule has 7 aromatic carbocycles. The first kappa shape index (κ1) is 25.8. The number of hydrogen-bond donors (Lipinski definition) is 0. The highest BCUT2D eigenvalue weighted by atomic mass is 15.0. The molecule has 48 heavy (non-hydrogen) atoms. The summed E-state index contributed by atoms with van der Waals surface area (Å²) in [6.45, 7) is 0. The molecule has 2 aromatic heterocycles. The maximum absolute atomic E-state index is 5.23. The topological polar surface area (TPSA) is 30.7 Å². The molecule has 0 fully saturated rings. The van der Waals surface area contributed by atoms with E-state index in [1.807, 2.05) is 18.2 Å². The lowest BCUT2D eigenvalue weighted by Crippen LogP contribution is -2.33. The van der Waals surface area contributed by atoms with Gasteiger partial charge in [0.05, 0.1) is 33.3 Å². The van der Waals surface area contributed by atoms with E-state index in [9.17, 15) is 0 Å². The molecule has 0 amide bonds. The average Bonchev–Trinajstić information content (AvgIpc) is 3.65. The maximum atomic E-state index is 5.23. The van der Waals surface area contributed by atoms with Crippen molar-refractivity contribution in [3.63, 3.8) is 0 Å². The third-order valence-corrected chi connectivity index (χ3v) is 10.6. The van der Waals surface area contributed by atoms with Gasteiger partial charge in [0.2, 0.25) is 0 Å². The third kappa shape index (κ3) is 3.18. The lowest BCUT2D eigenvalue weighted by molar-refractivity contribution is 0.748. The standard InChI is InChI=1S/C45H27N3/c1-2-13-28(14-3-1)44-46-39-22-9-5-17-33(39)42(47-44)29-25-26-36-34(27-29)30-15-4-7-19-35(30)45(36)37-20-8-11-24-41(37)48-40-23-10-6-16-31(40)32-18-12-21-38(45)43(32)48/h1-27H. The van der Waals surface area contributed by atoms with Crippen molar-refractivity contribution in [3.8, 4) is 39.5 Å². The number of hydrogen-bond acceptors (Lipinski definition) is 2. The molecule has 3 heteroatoms. The number of fused-ring (bicyclic) bond motifs is 13. The molecule has 3 nitrogen and oxygen atoms in total. The van der Waals surface area contributed by atoms with Gasteiger partial charge in [-0.3, -0.25) is 0 Å². The summed E-state index contributed by atoms with van der Waals surface area (Å²) in [6.07, 6.45) is 0. The number of nitrogens with zero attached hydrogens (tertiary/aromatic N) is 3. The van der Waals surface area contributed by atoms with Crippen molar-refractivity contribution in [1.29, 1.82) is 0 Å². The molecular weight excluding hydrogens is 583 g/mol. The van der Waals surface area contributed by atoms with Crippen LogP contribution in [0.15, 0.2) is 164 Å². The van der Waals surface area contributed by atoms with E-state index >= 15 is 0 Å².